The lowest BCUT2D eigenvalue weighted by Crippen LogP contribution is -2.42. The SMILES string of the molecule is N[C@H](Cc1ccc(O)cc1)C(=O)NCCCN1CCCC1. The van der Waals surface area contributed by atoms with Gasteiger partial charge >= 0.3 is 0 Å². The number of amides is 1. The third-order valence-corrected chi connectivity index (χ3v) is 3.88. The highest BCUT2D eigenvalue weighted by Gasteiger charge is 2.14. The van der Waals surface area contributed by atoms with Crippen LogP contribution < -0.4 is 11.1 Å². The fourth-order valence-corrected chi connectivity index (χ4v) is 2.63. The second-order valence-electron chi connectivity index (χ2n) is 5.67. The highest BCUT2D eigenvalue weighted by atomic mass is 16.3. The highest BCUT2D eigenvalue weighted by molar-refractivity contribution is 5.81. The number of hydrogen-bond acceptors (Lipinski definition) is 4. The highest BCUT2D eigenvalue weighted by Crippen LogP contribution is 2.11. The molecule has 116 valence electrons. The van der Waals surface area contributed by atoms with Gasteiger partial charge in [-0.05, 0) is 63.0 Å². The summed E-state index contributed by atoms with van der Waals surface area (Å²) in [6.07, 6.45) is 4.05. The van der Waals surface area contributed by atoms with Gasteiger partial charge in [0.05, 0.1) is 6.04 Å². The van der Waals surface area contributed by atoms with Crippen LogP contribution in [0.1, 0.15) is 24.8 Å². The van der Waals surface area contributed by atoms with Crippen molar-refractivity contribution < 1.29 is 9.90 Å². The zero-order chi connectivity index (χ0) is 15.1. The van der Waals surface area contributed by atoms with Crippen LogP contribution in [0.2, 0.25) is 0 Å². The normalized spacial score (nSPS) is 16.8. The van der Waals surface area contributed by atoms with Crippen molar-refractivity contribution in [2.45, 2.75) is 31.7 Å². The molecule has 1 fully saturated rings. The molecule has 5 nitrogen and oxygen atoms in total. The van der Waals surface area contributed by atoms with Crippen LogP contribution in [-0.2, 0) is 11.2 Å². The van der Waals surface area contributed by atoms with Crippen LogP contribution in [-0.4, -0.2) is 48.1 Å². The van der Waals surface area contributed by atoms with Gasteiger partial charge in [0, 0.05) is 6.54 Å². The zero-order valence-electron chi connectivity index (χ0n) is 12.4. The zero-order valence-corrected chi connectivity index (χ0v) is 12.4. The predicted octanol–water partition coefficient (Wildman–Crippen LogP) is 0.864. The Balaban J connectivity index is 1.63. The fourth-order valence-electron chi connectivity index (χ4n) is 2.63. The number of phenols is 1. The minimum absolute atomic E-state index is 0.107. The molecule has 1 heterocycles. The standard InChI is InChI=1S/C16H25N3O2/c17-15(12-13-4-6-14(20)7-5-13)16(21)18-8-3-11-19-9-1-2-10-19/h4-7,15,20H,1-3,8-12,17H2,(H,18,21)/t15-/m1/s1. The molecule has 0 radical (unpaired) electrons. The molecule has 0 saturated carbocycles. The van der Waals surface area contributed by atoms with Crippen LogP contribution in [0.15, 0.2) is 24.3 Å². The number of carbonyl (C=O) groups is 1. The molecule has 1 amide bonds. The molecule has 1 aliphatic rings. The lowest BCUT2D eigenvalue weighted by molar-refractivity contribution is -0.122. The van der Waals surface area contributed by atoms with Gasteiger partial charge in [-0.3, -0.25) is 4.79 Å². The molecule has 1 saturated heterocycles. The number of hydrogen-bond donors (Lipinski definition) is 3. The molecule has 1 atom stereocenters. The van der Waals surface area contributed by atoms with E-state index < -0.39 is 6.04 Å². The van der Waals surface area contributed by atoms with Crippen molar-refractivity contribution in [3.05, 3.63) is 29.8 Å². The summed E-state index contributed by atoms with van der Waals surface area (Å²) in [4.78, 5) is 14.3. The first kappa shape index (κ1) is 15.8. The van der Waals surface area contributed by atoms with Crippen molar-refractivity contribution in [3.8, 4) is 5.75 Å². The van der Waals surface area contributed by atoms with E-state index in [1.807, 2.05) is 0 Å². The second kappa shape index (κ2) is 8.00. The molecular weight excluding hydrogens is 266 g/mol. The summed E-state index contributed by atoms with van der Waals surface area (Å²) in [6, 6.07) is 6.25. The summed E-state index contributed by atoms with van der Waals surface area (Å²) in [5, 5.41) is 12.1. The molecule has 21 heavy (non-hydrogen) atoms. The van der Waals surface area contributed by atoms with Gasteiger partial charge in [-0.25, -0.2) is 0 Å². The lowest BCUT2D eigenvalue weighted by Gasteiger charge is -2.16. The summed E-state index contributed by atoms with van der Waals surface area (Å²) in [6.45, 7) is 4.11. The Morgan fingerprint density at radius 2 is 1.95 bits per heavy atom. The van der Waals surface area contributed by atoms with Crippen molar-refractivity contribution in [1.29, 1.82) is 0 Å². The van der Waals surface area contributed by atoms with Crippen molar-refractivity contribution in [1.82, 2.24) is 10.2 Å². The van der Waals surface area contributed by atoms with Crippen LogP contribution >= 0.6 is 0 Å². The largest absolute Gasteiger partial charge is 0.508 e. The van der Waals surface area contributed by atoms with Gasteiger partial charge in [0.1, 0.15) is 5.75 Å². The van der Waals surface area contributed by atoms with Gasteiger partial charge in [-0.15, -0.1) is 0 Å². The average molecular weight is 291 g/mol. The van der Waals surface area contributed by atoms with E-state index in [4.69, 9.17) is 5.73 Å². The van der Waals surface area contributed by atoms with Crippen LogP contribution in [0.4, 0.5) is 0 Å². The molecular formula is C16H25N3O2. The first-order valence-electron chi connectivity index (χ1n) is 7.69. The number of nitrogens with zero attached hydrogens (tertiary/aromatic N) is 1. The maximum Gasteiger partial charge on any atom is 0.237 e. The number of carbonyl (C=O) groups excluding carboxylic acids is 1. The third-order valence-electron chi connectivity index (χ3n) is 3.88. The van der Waals surface area contributed by atoms with Crippen molar-refractivity contribution in [2.24, 2.45) is 5.73 Å². The minimum atomic E-state index is -0.540. The number of nitrogens with one attached hydrogen (secondary N) is 1. The molecule has 1 aromatic carbocycles. The molecule has 0 aliphatic carbocycles. The van der Waals surface area contributed by atoms with E-state index in [0.717, 1.165) is 18.5 Å². The Morgan fingerprint density at radius 1 is 1.29 bits per heavy atom. The summed E-state index contributed by atoms with van der Waals surface area (Å²) < 4.78 is 0. The summed E-state index contributed by atoms with van der Waals surface area (Å²) in [5.74, 6) is 0.114. The molecule has 2 rings (SSSR count). The molecule has 1 aliphatic heterocycles. The van der Waals surface area contributed by atoms with Crippen LogP contribution in [0.5, 0.6) is 5.75 Å². The minimum Gasteiger partial charge on any atom is -0.508 e. The van der Waals surface area contributed by atoms with E-state index >= 15 is 0 Å². The van der Waals surface area contributed by atoms with Crippen LogP contribution in [0, 0.1) is 0 Å². The summed E-state index contributed by atoms with van der Waals surface area (Å²) in [7, 11) is 0. The topological polar surface area (TPSA) is 78.6 Å². The number of benzene rings is 1. The number of nitrogens with two attached hydrogens (primary N) is 1. The first-order valence-corrected chi connectivity index (χ1v) is 7.69. The Kier molecular flexibility index (Phi) is 6.02. The van der Waals surface area contributed by atoms with E-state index in [1.54, 1.807) is 24.3 Å². The van der Waals surface area contributed by atoms with Gasteiger partial charge in [-0.1, -0.05) is 12.1 Å². The first-order chi connectivity index (χ1) is 10.1. The molecule has 0 unspecified atom stereocenters. The van der Waals surface area contributed by atoms with Gasteiger partial charge in [0.25, 0.3) is 0 Å². The second-order valence-corrected chi connectivity index (χ2v) is 5.67. The Bertz CT molecular complexity index is 441. The Morgan fingerprint density at radius 3 is 2.62 bits per heavy atom. The predicted molar refractivity (Wildman–Crippen MR) is 83.1 cm³/mol. The molecule has 5 heteroatoms. The molecule has 0 aromatic heterocycles. The van der Waals surface area contributed by atoms with Gasteiger partial charge < -0.3 is 21.1 Å². The van der Waals surface area contributed by atoms with Crippen LogP contribution in [0.25, 0.3) is 0 Å². The molecule has 0 spiro atoms. The van der Waals surface area contributed by atoms with Gasteiger partial charge in [0.2, 0.25) is 5.91 Å². The monoisotopic (exact) mass is 291 g/mol. The maximum absolute atomic E-state index is 11.9. The van der Waals surface area contributed by atoms with E-state index in [-0.39, 0.29) is 11.7 Å². The number of phenolic OH excluding ortho intramolecular Hbond substituents is 1. The van der Waals surface area contributed by atoms with Crippen molar-refractivity contribution in [2.75, 3.05) is 26.2 Å². The van der Waals surface area contributed by atoms with Crippen LogP contribution in [0.3, 0.4) is 0 Å². The van der Waals surface area contributed by atoms with E-state index in [9.17, 15) is 9.90 Å². The van der Waals surface area contributed by atoms with Gasteiger partial charge in [0.15, 0.2) is 0 Å². The molecule has 0 bridgehead atoms. The van der Waals surface area contributed by atoms with Gasteiger partial charge in [-0.2, -0.15) is 0 Å². The molecule has 4 N–H and O–H groups in total. The van der Waals surface area contributed by atoms with E-state index in [2.05, 4.69) is 10.2 Å². The summed E-state index contributed by atoms with van der Waals surface area (Å²) >= 11 is 0. The number of likely N-dealkylation sites (tertiary alicyclic amines) is 1. The third kappa shape index (κ3) is 5.36. The number of aromatic hydroxyl groups is 1. The summed E-state index contributed by atoms with van der Waals surface area (Å²) in [5.41, 5.74) is 6.86. The van der Waals surface area contributed by atoms with Crippen molar-refractivity contribution >= 4 is 5.91 Å². The van der Waals surface area contributed by atoms with E-state index in [0.29, 0.717) is 13.0 Å². The fraction of sp³-hybridized carbons (Fsp3) is 0.562. The smallest absolute Gasteiger partial charge is 0.237 e. The quantitative estimate of drug-likeness (QED) is 0.651. The maximum atomic E-state index is 11.9. The average Bonchev–Trinajstić information content (AvgIpc) is 2.99. The van der Waals surface area contributed by atoms with E-state index in [1.165, 1.54) is 25.9 Å². The molecule has 1 aromatic rings. The number of rotatable bonds is 7. The Hall–Kier alpha value is -1.59. The lowest BCUT2D eigenvalue weighted by atomic mass is 10.1. The Labute approximate surface area is 126 Å². The van der Waals surface area contributed by atoms with Crippen molar-refractivity contribution in [3.63, 3.8) is 0 Å².